The Kier molecular flexibility index (Phi) is 6.63. The van der Waals surface area contributed by atoms with Crippen LogP contribution >= 0.6 is 0 Å². The van der Waals surface area contributed by atoms with Crippen molar-refractivity contribution in [3.05, 3.63) is 0 Å². The smallest absolute Gasteiger partial charge is 0.00899 e. The zero-order valence-electron chi connectivity index (χ0n) is 8.48. The van der Waals surface area contributed by atoms with Gasteiger partial charge in [0.2, 0.25) is 0 Å². The summed E-state index contributed by atoms with van der Waals surface area (Å²) in [5.41, 5.74) is 0. The second-order valence-electron chi connectivity index (χ2n) is 3.55. The summed E-state index contributed by atoms with van der Waals surface area (Å²) in [5.74, 6) is 0.779. The van der Waals surface area contributed by atoms with E-state index in [1.807, 2.05) is 0 Å². The molecule has 0 aromatic heterocycles. The van der Waals surface area contributed by atoms with Crippen LogP contribution in [-0.2, 0) is 0 Å². The summed E-state index contributed by atoms with van der Waals surface area (Å²) in [6, 6.07) is 0.736. The van der Waals surface area contributed by atoms with Crippen LogP contribution in [0.4, 0.5) is 0 Å². The molecule has 0 radical (unpaired) electrons. The first-order valence-electron chi connectivity index (χ1n) is 4.95. The van der Waals surface area contributed by atoms with Gasteiger partial charge in [-0.05, 0) is 18.9 Å². The molecule has 0 aliphatic carbocycles. The zero-order chi connectivity index (χ0) is 8.69. The first-order valence-corrected chi connectivity index (χ1v) is 4.95. The van der Waals surface area contributed by atoms with Crippen LogP contribution in [-0.4, -0.2) is 12.6 Å². The molecule has 1 heteroatoms. The Morgan fingerprint density at radius 2 is 1.82 bits per heavy atom. The Morgan fingerprint density at radius 1 is 1.18 bits per heavy atom. The maximum atomic E-state index is 3.52. The Hall–Kier alpha value is -0.0400. The van der Waals surface area contributed by atoms with Crippen molar-refractivity contribution >= 4 is 0 Å². The minimum atomic E-state index is 0.736. The van der Waals surface area contributed by atoms with Crippen LogP contribution < -0.4 is 5.32 Å². The highest BCUT2D eigenvalue weighted by Crippen LogP contribution is 2.09. The molecule has 1 nitrogen and oxygen atoms in total. The Balaban J connectivity index is 3.51. The Morgan fingerprint density at radius 3 is 2.18 bits per heavy atom. The van der Waals surface area contributed by atoms with Gasteiger partial charge in [-0.3, -0.25) is 0 Å². The summed E-state index contributed by atoms with van der Waals surface area (Å²) in [4.78, 5) is 0. The van der Waals surface area contributed by atoms with Crippen molar-refractivity contribution in [2.75, 3.05) is 6.54 Å². The van der Waals surface area contributed by atoms with Gasteiger partial charge in [0.05, 0.1) is 0 Å². The molecule has 0 rings (SSSR count). The van der Waals surface area contributed by atoms with Crippen LogP contribution in [0.25, 0.3) is 0 Å². The van der Waals surface area contributed by atoms with Crippen LogP contribution in [0, 0.1) is 5.92 Å². The van der Waals surface area contributed by atoms with Crippen LogP contribution in [0.2, 0.25) is 0 Å². The van der Waals surface area contributed by atoms with Gasteiger partial charge in [0, 0.05) is 6.04 Å². The van der Waals surface area contributed by atoms with Crippen molar-refractivity contribution in [3.8, 4) is 0 Å². The van der Waals surface area contributed by atoms with E-state index in [1.54, 1.807) is 0 Å². The van der Waals surface area contributed by atoms with Crippen molar-refractivity contribution in [1.82, 2.24) is 5.32 Å². The quantitative estimate of drug-likeness (QED) is 0.625. The average molecular weight is 157 g/mol. The summed E-state index contributed by atoms with van der Waals surface area (Å²) < 4.78 is 0. The molecule has 11 heavy (non-hydrogen) atoms. The molecule has 0 amide bonds. The fourth-order valence-corrected chi connectivity index (χ4v) is 1.36. The van der Waals surface area contributed by atoms with Crippen molar-refractivity contribution in [2.45, 2.75) is 53.0 Å². The fraction of sp³-hybridized carbons (Fsp3) is 1.00. The molecular formula is C10H23N. The number of hydrogen-bond acceptors (Lipinski definition) is 1. The Labute approximate surface area is 71.6 Å². The molecule has 0 aliphatic rings. The van der Waals surface area contributed by atoms with Gasteiger partial charge in [0.1, 0.15) is 0 Å². The van der Waals surface area contributed by atoms with Gasteiger partial charge in [-0.1, -0.05) is 40.5 Å². The molecule has 0 spiro atoms. The topological polar surface area (TPSA) is 12.0 Å². The van der Waals surface area contributed by atoms with E-state index >= 15 is 0 Å². The third-order valence-electron chi connectivity index (χ3n) is 2.14. The predicted molar refractivity (Wildman–Crippen MR) is 51.8 cm³/mol. The van der Waals surface area contributed by atoms with Gasteiger partial charge < -0.3 is 5.32 Å². The minimum absolute atomic E-state index is 0.736. The van der Waals surface area contributed by atoms with Gasteiger partial charge in [-0.15, -0.1) is 0 Å². The molecule has 1 unspecified atom stereocenters. The molecule has 1 N–H and O–H groups in total. The largest absolute Gasteiger partial charge is 0.314 e. The highest BCUT2D eigenvalue weighted by molar-refractivity contribution is 4.68. The first kappa shape index (κ1) is 11.0. The summed E-state index contributed by atoms with van der Waals surface area (Å²) >= 11 is 0. The standard InChI is InChI=1S/C10H23N/c1-5-7-8-10(9(3)4)11-6-2/h9-11H,5-8H2,1-4H3. The molecule has 1 atom stereocenters. The van der Waals surface area contributed by atoms with E-state index < -0.39 is 0 Å². The molecule has 0 saturated heterocycles. The summed E-state index contributed by atoms with van der Waals surface area (Å²) in [5, 5.41) is 3.52. The van der Waals surface area contributed by atoms with Crippen LogP contribution in [0.5, 0.6) is 0 Å². The number of rotatable bonds is 6. The maximum absolute atomic E-state index is 3.52. The van der Waals surface area contributed by atoms with E-state index in [9.17, 15) is 0 Å². The first-order chi connectivity index (χ1) is 5.22. The van der Waals surface area contributed by atoms with E-state index in [4.69, 9.17) is 0 Å². The minimum Gasteiger partial charge on any atom is -0.314 e. The number of nitrogens with one attached hydrogen (secondary N) is 1. The maximum Gasteiger partial charge on any atom is 0.00899 e. The van der Waals surface area contributed by atoms with E-state index in [0.717, 1.165) is 18.5 Å². The molecule has 0 saturated carbocycles. The molecule has 0 aromatic rings. The van der Waals surface area contributed by atoms with Crippen molar-refractivity contribution in [3.63, 3.8) is 0 Å². The normalized spacial score (nSPS) is 13.9. The van der Waals surface area contributed by atoms with Crippen LogP contribution in [0.1, 0.15) is 47.0 Å². The van der Waals surface area contributed by atoms with Crippen LogP contribution in [0.15, 0.2) is 0 Å². The second-order valence-corrected chi connectivity index (χ2v) is 3.55. The fourth-order valence-electron chi connectivity index (χ4n) is 1.36. The van der Waals surface area contributed by atoms with Gasteiger partial charge >= 0.3 is 0 Å². The SMILES string of the molecule is CCCCC(NCC)C(C)C. The lowest BCUT2D eigenvalue weighted by atomic mass is 9.99. The second kappa shape index (κ2) is 6.66. The molecule has 0 aliphatic heterocycles. The summed E-state index contributed by atoms with van der Waals surface area (Å²) in [7, 11) is 0. The molecule has 0 aromatic carbocycles. The van der Waals surface area contributed by atoms with Gasteiger partial charge in [0.15, 0.2) is 0 Å². The summed E-state index contributed by atoms with van der Waals surface area (Å²) in [6.07, 6.45) is 4.01. The van der Waals surface area contributed by atoms with Gasteiger partial charge in [0.25, 0.3) is 0 Å². The molecule has 0 heterocycles. The highest BCUT2D eigenvalue weighted by Gasteiger charge is 2.09. The highest BCUT2D eigenvalue weighted by atomic mass is 14.9. The van der Waals surface area contributed by atoms with E-state index in [-0.39, 0.29) is 0 Å². The molecule has 68 valence electrons. The monoisotopic (exact) mass is 157 g/mol. The number of hydrogen-bond donors (Lipinski definition) is 1. The third-order valence-corrected chi connectivity index (χ3v) is 2.14. The van der Waals surface area contributed by atoms with Crippen LogP contribution in [0.3, 0.4) is 0 Å². The molecule has 0 bridgehead atoms. The van der Waals surface area contributed by atoms with Crippen molar-refractivity contribution in [1.29, 1.82) is 0 Å². The summed E-state index contributed by atoms with van der Waals surface area (Å²) in [6.45, 7) is 10.1. The van der Waals surface area contributed by atoms with Crippen molar-refractivity contribution in [2.24, 2.45) is 5.92 Å². The lowest BCUT2D eigenvalue weighted by Gasteiger charge is -2.21. The van der Waals surface area contributed by atoms with Crippen molar-refractivity contribution < 1.29 is 0 Å². The lowest BCUT2D eigenvalue weighted by molar-refractivity contribution is 0.375. The van der Waals surface area contributed by atoms with E-state index in [1.165, 1.54) is 19.3 Å². The lowest BCUT2D eigenvalue weighted by Crippen LogP contribution is -2.33. The third kappa shape index (κ3) is 5.25. The average Bonchev–Trinajstić information content (AvgIpc) is 1.97. The Bertz CT molecular complexity index is 78.9. The van der Waals surface area contributed by atoms with E-state index in [0.29, 0.717) is 0 Å². The van der Waals surface area contributed by atoms with Gasteiger partial charge in [-0.25, -0.2) is 0 Å². The predicted octanol–water partition coefficient (Wildman–Crippen LogP) is 2.81. The number of unbranched alkanes of at least 4 members (excludes halogenated alkanes) is 1. The molecular weight excluding hydrogens is 134 g/mol. The molecule has 0 fully saturated rings. The van der Waals surface area contributed by atoms with E-state index in [2.05, 4.69) is 33.0 Å². The van der Waals surface area contributed by atoms with Gasteiger partial charge in [-0.2, -0.15) is 0 Å². The zero-order valence-corrected chi connectivity index (χ0v) is 8.48.